The summed E-state index contributed by atoms with van der Waals surface area (Å²) < 4.78 is 2.08. The zero-order chi connectivity index (χ0) is 13.9. The van der Waals surface area contributed by atoms with E-state index in [0.717, 1.165) is 18.8 Å². The molecule has 0 atom stereocenters. The van der Waals surface area contributed by atoms with Gasteiger partial charge in [-0.25, -0.2) is 9.67 Å². The van der Waals surface area contributed by atoms with Crippen LogP contribution in [0.25, 0.3) is 0 Å². The highest BCUT2D eigenvalue weighted by atomic mass is 15.3. The average molecular weight is 264 g/mol. The molecule has 0 saturated heterocycles. The smallest absolute Gasteiger partial charge is 0.138 e. The van der Waals surface area contributed by atoms with E-state index in [1.54, 1.807) is 6.33 Å². The number of rotatable bonds is 6. The fraction of sp³-hybridized carbons (Fsp3) is 0.867. The standard InChI is InChI=1S/C15H28N4/c1-12(2)16-10-15(7-5-6-8-15)9-14-17-11-18-19(14)13(3)4/h11-13,16H,5-10H2,1-4H3. The molecule has 19 heavy (non-hydrogen) atoms. The number of hydrogen-bond acceptors (Lipinski definition) is 3. The van der Waals surface area contributed by atoms with E-state index in [1.165, 1.54) is 25.7 Å². The first kappa shape index (κ1) is 14.5. The molecule has 0 bridgehead atoms. The Morgan fingerprint density at radius 2 is 1.95 bits per heavy atom. The molecule has 1 aliphatic rings. The van der Waals surface area contributed by atoms with Crippen LogP contribution in [0.3, 0.4) is 0 Å². The second-order valence-corrected chi connectivity index (χ2v) is 6.63. The van der Waals surface area contributed by atoms with E-state index in [0.29, 0.717) is 17.5 Å². The maximum atomic E-state index is 4.50. The van der Waals surface area contributed by atoms with Crippen LogP contribution in [-0.2, 0) is 6.42 Å². The molecule has 0 aromatic carbocycles. The average Bonchev–Trinajstić information content (AvgIpc) is 2.97. The Balaban J connectivity index is 2.09. The molecule has 108 valence electrons. The van der Waals surface area contributed by atoms with Crippen molar-refractivity contribution in [2.75, 3.05) is 6.54 Å². The lowest BCUT2D eigenvalue weighted by Gasteiger charge is -2.30. The Morgan fingerprint density at radius 3 is 2.53 bits per heavy atom. The molecule has 0 unspecified atom stereocenters. The van der Waals surface area contributed by atoms with E-state index >= 15 is 0 Å². The van der Waals surface area contributed by atoms with Gasteiger partial charge in [-0.2, -0.15) is 5.10 Å². The molecule has 4 nitrogen and oxygen atoms in total. The Labute approximate surface area is 117 Å². The Bertz CT molecular complexity index is 389. The minimum atomic E-state index is 0.393. The van der Waals surface area contributed by atoms with E-state index in [4.69, 9.17) is 0 Å². The number of hydrogen-bond donors (Lipinski definition) is 1. The number of nitrogens with zero attached hydrogens (tertiary/aromatic N) is 3. The van der Waals surface area contributed by atoms with Crippen LogP contribution in [-0.4, -0.2) is 27.4 Å². The highest BCUT2D eigenvalue weighted by Crippen LogP contribution is 2.40. The van der Waals surface area contributed by atoms with Crippen LogP contribution < -0.4 is 5.32 Å². The van der Waals surface area contributed by atoms with Gasteiger partial charge in [0.15, 0.2) is 0 Å². The molecular formula is C15H28N4. The van der Waals surface area contributed by atoms with Crippen molar-refractivity contribution in [2.24, 2.45) is 5.41 Å². The maximum Gasteiger partial charge on any atom is 0.138 e. The summed E-state index contributed by atoms with van der Waals surface area (Å²) in [6.45, 7) is 9.89. The second-order valence-electron chi connectivity index (χ2n) is 6.63. The van der Waals surface area contributed by atoms with Crippen molar-refractivity contribution < 1.29 is 0 Å². The van der Waals surface area contributed by atoms with E-state index in [2.05, 4.69) is 47.8 Å². The van der Waals surface area contributed by atoms with Crippen molar-refractivity contribution in [3.8, 4) is 0 Å². The van der Waals surface area contributed by atoms with Gasteiger partial charge >= 0.3 is 0 Å². The topological polar surface area (TPSA) is 42.7 Å². The predicted molar refractivity (Wildman–Crippen MR) is 78.2 cm³/mol. The van der Waals surface area contributed by atoms with Gasteiger partial charge in [-0.05, 0) is 32.1 Å². The van der Waals surface area contributed by atoms with Crippen molar-refractivity contribution in [3.05, 3.63) is 12.2 Å². The third-order valence-electron chi connectivity index (χ3n) is 4.22. The Hall–Kier alpha value is -0.900. The molecular weight excluding hydrogens is 236 g/mol. The van der Waals surface area contributed by atoms with Crippen LogP contribution in [0.15, 0.2) is 6.33 Å². The lowest BCUT2D eigenvalue weighted by atomic mass is 9.82. The fourth-order valence-corrected chi connectivity index (χ4v) is 3.13. The van der Waals surface area contributed by atoms with Crippen molar-refractivity contribution in [1.29, 1.82) is 0 Å². The molecule has 2 rings (SSSR count). The van der Waals surface area contributed by atoms with E-state index < -0.39 is 0 Å². The number of nitrogens with one attached hydrogen (secondary N) is 1. The van der Waals surface area contributed by atoms with Crippen LogP contribution in [0.4, 0.5) is 0 Å². The van der Waals surface area contributed by atoms with E-state index in [9.17, 15) is 0 Å². The van der Waals surface area contributed by atoms with Gasteiger partial charge in [0.05, 0.1) is 0 Å². The molecule has 0 amide bonds. The van der Waals surface area contributed by atoms with Crippen molar-refractivity contribution in [3.63, 3.8) is 0 Å². The van der Waals surface area contributed by atoms with E-state index in [-0.39, 0.29) is 0 Å². The summed E-state index contributed by atoms with van der Waals surface area (Å²) in [4.78, 5) is 4.50. The van der Waals surface area contributed by atoms with Crippen LogP contribution in [0, 0.1) is 5.41 Å². The molecule has 0 aliphatic heterocycles. The van der Waals surface area contributed by atoms with Crippen LogP contribution in [0.1, 0.15) is 65.2 Å². The molecule has 1 heterocycles. The molecule has 1 saturated carbocycles. The first-order chi connectivity index (χ1) is 9.02. The van der Waals surface area contributed by atoms with Crippen molar-refractivity contribution in [1.82, 2.24) is 20.1 Å². The zero-order valence-electron chi connectivity index (χ0n) is 12.8. The van der Waals surface area contributed by atoms with Gasteiger partial charge in [0.2, 0.25) is 0 Å². The molecule has 1 aromatic heterocycles. The summed E-state index contributed by atoms with van der Waals surface area (Å²) in [6, 6.07) is 0.953. The first-order valence-corrected chi connectivity index (χ1v) is 7.64. The van der Waals surface area contributed by atoms with E-state index in [1.807, 2.05) is 0 Å². The predicted octanol–water partition coefficient (Wildman–Crippen LogP) is 2.96. The van der Waals surface area contributed by atoms with Gasteiger partial charge in [0, 0.05) is 25.0 Å². The zero-order valence-corrected chi connectivity index (χ0v) is 12.8. The molecule has 0 spiro atoms. The molecule has 1 aromatic rings. The minimum absolute atomic E-state index is 0.393. The van der Waals surface area contributed by atoms with Crippen LogP contribution in [0.2, 0.25) is 0 Å². The maximum absolute atomic E-state index is 4.50. The summed E-state index contributed by atoms with van der Waals surface area (Å²) in [5.74, 6) is 1.16. The Kier molecular flexibility index (Phi) is 4.61. The molecule has 1 aliphatic carbocycles. The monoisotopic (exact) mass is 264 g/mol. The summed E-state index contributed by atoms with van der Waals surface area (Å²) in [7, 11) is 0. The third kappa shape index (κ3) is 3.56. The SMILES string of the molecule is CC(C)NCC1(Cc2ncnn2C(C)C)CCCC1. The molecule has 4 heteroatoms. The molecule has 1 fully saturated rings. The van der Waals surface area contributed by atoms with Gasteiger partial charge in [-0.3, -0.25) is 0 Å². The highest BCUT2D eigenvalue weighted by molar-refractivity contribution is 4.98. The van der Waals surface area contributed by atoms with Crippen LogP contribution in [0.5, 0.6) is 0 Å². The Morgan fingerprint density at radius 1 is 1.26 bits per heavy atom. The number of aromatic nitrogens is 3. The highest BCUT2D eigenvalue weighted by Gasteiger charge is 2.35. The lowest BCUT2D eigenvalue weighted by molar-refractivity contribution is 0.257. The van der Waals surface area contributed by atoms with Gasteiger partial charge in [-0.15, -0.1) is 0 Å². The molecule has 1 N–H and O–H groups in total. The fourth-order valence-electron chi connectivity index (χ4n) is 3.13. The van der Waals surface area contributed by atoms with Gasteiger partial charge in [-0.1, -0.05) is 26.7 Å². The summed E-state index contributed by atoms with van der Waals surface area (Å²) in [5, 5.41) is 8.00. The lowest BCUT2D eigenvalue weighted by Crippen LogP contribution is -2.38. The van der Waals surface area contributed by atoms with Crippen molar-refractivity contribution >= 4 is 0 Å². The summed E-state index contributed by atoms with van der Waals surface area (Å²) in [5.41, 5.74) is 0.393. The minimum Gasteiger partial charge on any atom is -0.314 e. The van der Waals surface area contributed by atoms with Crippen molar-refractivity contribution in [2.45, 2.75) is 71.9 Å². The quantitative estimate of drug-likeness (QED) is 0.859. The van der Waals surface area contributed by atoms with Crippen LogP contribution >= 0.6 is 0 Å². The molecule has 0 radical (unpaired) electrons. The van der Waals surface area contributed by atoms with Gasteiger partial charge in [0.25, 0.3) is 0 Å². The largest absolute Gasteiger partial charge is 0.314 e. The first-order valence-electron chi connectivity index (χ1n) is 7.64. The second kappa shape index (κ2) is 6.04. The van der Waals surface area contributed by atoms with Gasteiger partial charge in [0.1, 0.15) is 12.2 Å². The van der Waals surface area contributed by atoms with Gasteiger partial charge < -0.3 is 5.32 Å². The normalized spacial score (nSPS) is 18.6. The third-order valence-corrected chi connectivity index (χ3v) is 4.22. The summed E-state index contributed by atoms with van der Waals surface area (Å²) in [6.07, 6.45) is 8.11. The summed E-state index contributed by atoms with van der Waals surface area (Å²) >= 11 is 0.